The van der Waals surface area contributed by atoms with Gasteiger partial charge in [0.05, 0.1) is 0 Å². The van der Waals surface area contributed by atoms with Crippen LogP contribution in [0.15, 0.2) is 30.6 Å². The van der Waals surface area contributed by atoms with Gasteiger partial charge in [0.15, 0.2) is 0 Å². The highest BCUT2D eigenvalue weighted by Crippen LogP contribution is 2.11. The van der Waals surface area contributed by atoms with Gasteiger partial charge in [-0.2, -0.15) is 0 Å². The van der Waals surface area contributed by atoms with Crippen LogP contribution in [0.3, 0.4) is 0 Å². The predicted octanol–water partition coefficient (Wildman–Crippen LogP) is 1.57. The minimum absolute atomic E-state index is 0.00801. The molecule has 0 unspecified atom stereocenters. The van der Waals surface area contributed by atoms with Crippen molar-refractivity contribution >= 4 is 11.5 Å². The van der Waals surface area contributed by atoms with Gasteiger partial charge in [-0.25, -0.2) is 0 Å². The van der Waals surface area contributed by atoms with Gasteiger partial charge < -0.3 is 4.90 Å². The van der Waals surface area contributed by atoms with Crippen LogP contribution in [0.25, 0.3) is 5.57 Å². The molecule has 0 aliphatic heterocycles. The highest BCUT2D eigenvalue weighted by atomic mass is 16.2. The van der Waals surface area contributed by atoms with Crippen LogP contribution in [-0.4, -0.2) is 29.9 Å². The Morgan fingerprint density at radius 3 is 2.71 bits per heavy atom. The number of hydrogen-bond donors (Lipinski definition) is 0. The lowest BCUT2D eigenvalue weighted by molar-refractivity contribution is -0.123. The summed E-state index contributed by atoms with van der Waals surface area (Å²) in [6.45, 7) is 1.90. The Balaban J connectivity index is 2.85. The monoisotopic (exact) mass is 190 g/mol. The van der Waals surface area contributed by atoms with E-state index in [1.165, 1.54) is 0 Å². The fourth-order valence-electron chi connectivity index (χ4n) is 0.994. The molecule has 1 aromatic heterocycles. The number of allylic oxidation sites excluding steroid dienone is 1. The van der Waals surface area contributed by atoms with Gasteiger partial charge in [0.1, 0.15) is 0 Å². The normalized spacial score (nSPS) is 11.2. The molecule has 74 valence electrons. The number of hydrogen-bond acceptors (Lipinski definition) is 2. The van der Waals surface area contributed by atoms with Crippen LogP contribution in [-0.2, 0) is 4.79 Å². The van der Waals surface area contributed by atoms with E-state index >= 15 is 0 Å². The van der Waals surface area contributed by atoms with Gasteiger partial charge in [0.25, 0.3) is 0 Å². The number of amides is 1. The molecule has 0 aliphatic rings. The first kappa shape index (κ1) is 10.4. The maximum absolute atomic E-state index is 11.4. The van der Waals surface area contributed by atoms with E-state index in [0.29, 0.717) is 0 Å². The van der Waals surface area contributed by atoms with Gasteiger partial charge >= 0.3 is 0 Å². The summed E-state index contributed by atoms with van der Waals surface area (Å²) in [5.74, 6) is -0.00801. The maximum atomic E-state index is 11.4. The van der Waals surface area contributed by atoms with Crippen LogP contribution in [0, 0.1) is 0 Å². The summed E-state index contributed by atoms with van der Waals surface area (Å²) < 4.78 is 0. The van der Waals surface area contributed by atoms with Crippen molar-refractivity contribution in [3.63, 3.8) is 0 Å². The topological polar surface area (TPSA) is 33.2 Å². The van der Waals surface area contributed by atoms with E-state index in [-0.39, 0.29) is 5.91 Å². The van der Waals surface area contributed by atoms with Crippen LogP contribution in [0.4, 0.5) is 0 Å². The van der Waals surface area contributed by atoms with Crippen molar-refractivity contribution in [1.82, 2.24) is 9.88 Å². The lowest BCUT2D eigenvalue weighted by Gasteiger charge is -2.07. The van der Waals surface area contributed by atoms with Crippen molar-refractivity contribution in [1.29, 1.82) is 0 Å². The molecule has 1 heterocycles. The van der Waals surface area contributed by atoms with Gasteiger partial charge in [-0.1, -0.05) is 6.07 Å². The molecule has 0 radical (unpaired) electrons. The summed E-state index contributed by atoms with van der Waals surface area (Å²) in [4.78, 5) is 16.9. The third kappa shape index (κ3) is 2.69. The van der Waals surface area contributed by atoms with Crippen molar-refractivity contribution in [2.45, 2.75) is 6.92 Å². The molecule has 0 fully saturated rings. The largest absolute Gasteiger partial charge is 0.345 e. The third-order valence-corrected chi connectivity index (χ3v) is 1.90. The molecule has 0 aromatic carbocycles. The van der Waals surface area contributed by atoms with Crippen molar-refractivity contribution < 1.29 is 4.79 Å². The number of nitrogens with zero attached hydrogens (tertiary/aromatic N) is 2. The summed E-state index contributed by atoms with van der Waals surface area (Å²) in [7, 11) is 3.46. The fraction of sp³-hybridized carbons (Fsp3) is 0.273. The van der Waals surface area contributed by atoms with Crippen molar-refractivity contribution in [3.05, 3.63) is 36.2 Å². The lowest BCUT2D eigenvalue weighted by atomic mass is 10.1. The summed E-state index contributed by atoms with van der Waals surface area (Å²) in [6.07, 6.45) is 5.07. The molecule has 0 saturated heterocycles. The zero-order valence-corrected chi connectivity index (χ0v) is 8.69. The Bertz CT molecular complexity index is 342. The number of aromatic nitrogens is 1. The molecule has 14 heavy (non-hydrogen) atoms. The molecule has 0 atom stereocenters. The molecule has 1 amide bonds. The number of pyridine rings is 1. The van der Waals surface area contributed by atoms with Crippen molar-refractivity contribution in [3.8, 4) is 0 Å². The second-order valence-corrected chi connectivity index (χ2v) is 3.30. The molecular formula is C11H14N2O. The zero-order chi connectivity index (χ0) is 10.6. The Morgan fingerprint density at radius 2 is 2.21 bits per heavy atom. The van der Waals surface area contributed by atoms with E-state index in [4.69, 9.17) is 0 Å². The standard InChI is InChI=1S/C11H14N2O/c1-9(7-11(14)13(2)3)10-5-4-6-12-8-10/h4-8H,1-3H3/b9-7+. The highest BCUT2D eigenvalue weighted by Gasteiger charge is 2.01. The first-order valence-electron chi connectivity index (χ1n) is 4.41. The zero-order valence-electron chi connectivity index (χ0n) is 8.69. The van der Waals surface area contributed by atoms with Crippen molar-refractivity contribution in [2.75, 3.05) is 14.1 Å². The molecule has 0 bridgehead atoms. The average Bonchev–Trinajstić information content (AvgIpc) is 2.19. The van der Waals surface area contributed by atoms with E-state index in [2.05, 4.69) is 4.98 Å². The van der Waals surface area contributed by atoms with Crippen LogP contribution >= 0.6 is 0 Å². The average molecular weight is 190 g/mol. The lowest BCUT2D eigenvalue weighted by Crippen LogP contribution is -2.19. The second-order valence-electron chi connectivity index (χ2n) is 3.30. The Hall–Kier alpha value is -1.64. The molecule has 3 heteroatoms. The fourth-order valence-corrected chi connectivity index (χ4v) is 0.994. The van der Waals surface area contributed by atoms with Crippen LogP contribution < -0.4 is 0 Å². The summed E-state index contributed by atoms with van der Waals surface area (Å²) in [5, 5.41) is 0. The molecule has 0 saturated carbocycles. The van der Waals surface area contributed by atoms with Gasteiger partial charge in [0.2, 0.25) is 5.91 Å². The van der Waals surface area contributed by atoms with Crippen LogP contribution in [0.1, 0.15) is 12.5 Å². The van der Waals surface area contributed by atoms with Crippen LogP contribution in [0.5, 0.6) is 0 Å². The van der Waals surface area contributed by atoms with E-state index in [1.807, 2.05) is 19.1 Å². The number of rotatable bonds is 2. The summed E-state index contributed by atoms with van der Waals surface area (Å²) in [6, 6.07) is 3.79. The number of likely N-dealkylation sites (N-methyl/N-ethyl adjacent to an activating group) is 1. The minimum Gasteiger partial charge on any atom is -0.345 e. The van der Waals surface area contributed by atoms with Gasteiger partial charge in [0, 0.05) is 32.6 Å². The van der Waals surface area contributed by atoms with Gasteiger partial charge in [-0.05, 0) is 24.1 Å². The molecule has 0 spiro atoms. The van der Waals surface area contributed by atoms with Gasteiger partial charge in [-0.3, -0.25) is 9.78 Å². The summed E-state index contributed by atoms with van der Waals surface area (Å²) >= 11 is 0. The van der Waals surface area contributed by atoms with E-state index in [1.54, 1.807) is 37.5 Å². The van der Waals surface area contributed by atoms with E-state index in [0.717, 1.165) is 11.1 Å². The quantitative estimate of drug-likeness (QED) is 0.663. The predicted molar refractivity (Wildman–Crippen MR) is 56.6 cm³/mol. The van der Waals surface area contributed by atoms with Crippen LogP contribution in [0.2, 0.25) is 0 Å². The molecule has 3 nitrogen and oxygen atoms in total. The number of carbonyl (C=O) groups excluding carboxylic acids is 1. The van der Waals surface area contributed by atoms with Crippen molar-refractivity contribution in [2.24, 2.45) is 0 Å². The van der Waals surface area contributed by atoms with E-state index in [9.17, 15) is 4.79 Å². The van der Waals surface area contributed by atoms with Gasteiger partial charge in [-0.15, -0.1) is 0 Å². The number of carbonyl (C=O) groups is 1. The molecule has 0 aliphatic carbocycles. The SMILES string of the molecule is C/C(=C\C(=O)N(C)C)c1cccnc1. The second kappa shape index (κ2) is 4.56. The first-order valence-corrected chi connectivity index (χ1v) is 4.41. The summed E-state index contributed by atoms with van der Waals surface area (Å²) in [5.41, 5.74) is 1.90. The Kier molecular flexibility index (Phi) is 3.40. The minimum atomic E-state index is -0.00801. The molecule has 0 N–H and O–H groups in total. The first-order chi connectivity index (χ1) is 6.61. The third-order valence-electron chi connectivity index (χ3n) is 1.90. The molecule has 1 aromatic rings. The Morgan fingerprint density at radius 1 is 1.50 bits per heavy atom. The Labute approximate surface area is 84.1 Å². The maximum Gasteiger partial charge on any atom is 0.246 e. The molecular weight excluding hydrogens is 176 g/mol. The highest BCUT2D eigenvalue weighted by molar-refractivity contribution is 5.94. The smallest absolute Gasteiger partial charge is 0.246 e. The molecule has 1 rings (SSSR count). The van der Waals surface area contributed by atoms with E-state index < -0.39 is 0 Å².